The van der Waals surface area contributed by atoms with Crippen LogP contribution in [0.5, 0.6) is 0 Å². The predicted octanol–water partition coefficient (Wildman–Crippen LogP) is 0.965. The third-order valence-electron chi connectivity index (χ3n) is 5.40. The fraction of sp³-hybridized carbons (Fsp3) is 0.966. The maximum absolute atomic E-state index is 10.3. The number of hydrogen-bond acceptors (Lipinski definition) is 14. The molecule has 0 atom stereocenters. The molecule has 0 spiro atoms. The molecule has 0 aromatic carbocycles. The summed E-state index contributed by atoms with van der Waals surface area (Å²) in [6, 6.07) is 0. The van der Waals surface area contributed by atoms with E-state index in [2.05, 4.69) is 15.1 Å². The molecule has 0 saturated heterocycles. The summed E-state index contributed by atoms with van der Waals surface area (Å²) in [5.41, 5.74) is 0. The molecule has 15 nitrogen and oxygen atoms in total. The van der Waals surface area contributed by atoms with E-state index in [0.717, 1.165) is 38.9 Å². The standard InChI is InChI=1S/C29H59NO14/c1-33-44-27-26-43-25-24-42-23-22-41-20-17-38-14-11-35-8-4-2-3-7-34-10-13-37-16-19-40-21-18-39-15-12-36-9-5-6-30-28-29(31)32/h30H,2-28H2,1H3,(H,31,32). The Bertz CT molecular complexity index is 550. The van der Waals surface area contributed by atoms with Gasteiger partial charge in [-0.05, 0) is 32.2 Å². The molecule has 0 aromatic rings. The van der Waals surface area contributed by atoms with Gasteiger partial charge in [0, 0.05) is 19.8 Å². The first kappa shape index (κ1) is 43.0. The number of carboxylic acid groups (broad SMARTS) is 1. The van der Waals surface area contributed by atoms with Crippen LogP contribution in [0.1, 0.15) is 25.7 Å². The summed E-state index contributed by atoms with van der Waals surface area (Å²) >= 11 is 0. The van der Waals surface area contributed by atoms with Crippen LogP contribution >= 0.6 is 0 Å². The highest BCUT2D eigenvalue weighted by Crippen LogP contribution is 1.97. The Kier molecular flexibility index (Phi) is 39.0. The molecule has 0 bridgehead atoms. The lowest BCUT2D eigenvalue weighted by Gasteiger charge is -2.08. The van der Waals surface area contributed by atoms with E-state index in [4.69, 9.17) is 52.5 Å². The van der Waals surface area contributed by atoms with Crippen molar-refractivity contribution in [3.8, 4) is 0 Å². The van der Waals surface area contributed by atoms with Crippen LogP contribution in [0.25, 0.3) is 0 Å². The van der Waals surface area contributed by atoms with Gasteiger partial charge in [0.1, 0.15) is 6.61 Å². The Morgan fingerprint density at radius 1 is 0.432 bits per heavy atom. The summed E-state index contributed by atoms with van der Waals surface area (Å²) < 4.78 is 54.5. The van der Waals surface area contributed by atoms with Gasteiger partial charge in [-0.25, -0.2) is 9.78 Å². The normalized spacial score (nSPS) is 11.5. The second-order valence-electron chi connectivity index (χ2n) is 9.10. The van der Waals surface area contributed by atoms with Crippen molar-refractivity contribution < 1.29 is 67.0 Å². The number of hydrogen-bond donors (Lipinski definition) is 2. The number of aliphatic carboxylic acids is 1. The van der Waals surface area contributed by atoms with Crippen LogP contribution in [-0.4, -0.2) is 170 Å². The first-order chi connectivity index (χ1) is 21.8. The van der Waals surface area contributed by atoms with Crippen molar-refractivity contribution in [3.63, 3.8) is 0 Å². The van der Waals surface area contributed by atoms with Gasteiger partial charge < -0.3 is 57.8 Å². The van der Waals surface area contributed by atoms with E-state index >= 15 is 0 Å². The van der Waals surface area contributed by atoms with Crippen molar-refractivity contribution in [2.45, 2.75) is 25.7 Å². The van der Waals surface area contributed by atoms with Gasteiger partial charge in [0.15, 0.2) is 0 Å². The van der Waals surface area contributed by atoms with E-state index in [1.165, 1.54) is 7.11 Å². The van der Waals surface area contributed by atoms with E-state index in [1.54, 1.807) is 0 Å². The van der Waals surface area contributed by atoms with Crippen LogP contribution in [-0.2, 0) is 61.9 Å². The monoisotopic (exact) mass is 645 g/mol. The second-order valence-corrected chi connectivity index (χ2v) is 9.10. The minimum atomic E-state index is -0.857. The van der Waals surface area contributed by atoms with E-state index in [-0.39, 0.29) is 6.54 Å². The Labute approximate surface area is 263 Å². The van der Waals surface area contributed by atoms with Crippen molar-refractivity contribution in [1.82, 2.24) is 5.32 Å². The number of unbranched alkanes of at least 4 members (excludes halogenated alkanes) is 2. The van der Waals surface area contributed by atoms with Crippen LogP contribution in [0.15, 0.2) is 0 Å². The zero-order valence-corrected chi connectivity index (χ0v) is 26.8. The SMILES string of the molecule is COOCCOCCOCCOCCOCCOCCCCCOCCOCCOCCOCCOCCCNCC(=O)O. The predicted molar refractivity (Wildman–Crippen MR) is 160 cm³/mol. The summed E-state index contributed by atoms with van der Waals surface area (Å²) in [6.45, 7) is 11.9. The van der Waals surface area contributed by atoms with E-state index in [9.17, 15) is 4.79 Å². The van der Waals surface area contributed by atoms with Gasteiger partial charge in [0.2, 0.25) is 0 Å². The molecule has 2 N–H and O–H groups in total. The summed E-state index contributed by atoms with van der Waals surface area (Å²) in [7, 11) is 1.46. The average Bonchev–Trinajstić information content (AvgIpc) is 3.02. The smallest absolute Gasteiger partial charge is 0.317 e. The van der Waals surface area contributed by atoms with Crippen LogP contribution in [0.2, 0.25) is 0 Å². The number of carbonyl (C=O) groups is 1. The third kappa shape index (κ3) is 41.0. The minimum absolute atomic E-state index is 0.0267. The second kappa shape index (κ2) is 40.0. The molecule has 15 heteroatoms. The maximum atomic E-state index is 10.3. The van der Waals surface area contributed by atoms with Gasteiger partial charge in [0.25, 0.3) is 0 Å². The molecule has 0 amide bonds. The third-order valence-corrected chi connectivity index (χ3v) is 5.40. The van der Waals surface area contributed by atoms with Crippen molar-refractivity contribution in [3.05, 3.63) is 0 Å². The fourth-order valence-electron chi connectivity index (χ4n) is 3.22. The highest BCUT2D eigenvalue weighted by molar-refractivity contribution is 5.68. The molecule has 0 aliphatic rings. The number of ether oxygens (including phenoxy) is 10. The topological polar surface area (TPSA) is 160 Å². The van der Waals surface area contributed by atoms with Gasteiger partial charge >= 0.3 is 5.97 Å². The summed E-state index contributed by atoms with van der Waals surface area (Å²) in [4.78, 5) is 19.5. The number of rotatable bonds is 40. The Morgan fingerprint density at radius 2 is 0.727 bits per heavy atom. The molecule has 264 valence electrons. The zero-order valence-electron chi connectivity index (χ0n) is 26.8. The zero-order chi connectivity index (χ0) is 31.9. The molecule has 0 radical (unpaired) electrons. The first-order valence-electron chi connectivity index (χ1n) is 15.6. The van der Waals surface area contributed by atoms with E-state index in [1.807, 2.05) is 0 Å². The molecule has 0 aliphatic carbocycles. The molecular weight excluding hydrogens is 586 g/mol. The molecule has 0 unspecified atom stereocenters. The number of nitrogens with one attached hydrogen (secondary N) is 1. The summed E-state index contributed by atoms with van der Waals surface area (Å²) in [5.74, 6) is -0.857. The van der Waals surface area contributed by atoms with Gasteiger partial charge in [0.05, 0.1) is 126 Å². The molecular formula is C29H59NO14. The lowest BCUT2D eigenvalue weighted by molar-refractivity contribution is -0.277. The largest absolute Gasteiger partial charge is 0.480 e. The minimum Gasteiger partial charge on any atom is -0.480 e. The highest BCUT2D eigenvalue weighted by atomic mass is 17.2. The average molecular weight is 646 g/mol. The summed E-state index contributed by atoms with van der Waals surface area (Å²) in [5, 5.41) is 11.3. The number of carboxylic acids is 1. The first-order valence-corrected chi connectivity index (χ1v) is 15.6. The molecule has 0 fully saturated rings. The van der Waals surface area contributed by atoms with Gasteiger partial charge in [-0.2, -0.15) is 0 Å². The van der Waals surface area contributed by atoms with Crippen LogP contribution in [0.4, 0.5) is 0 Å². The Balaban J connectivity index is 3.04. The fourth-order valence-corrected chi connectivity index (χ4v) is 3.22. The van der Waals surface area contributed by atoms with Gasteiger partial charge in [-0.3, -0.25) is 4.79 Å². The van der Waals surface area contributed by atoms with E-state index in [0.29, 0.717) is 132 Å². The molecule has 0 aromatic heterocycles. The van der Waals surface area contributed by atoms with Crippen LogP contribution < -0.4 is 5.32 Å². The lowest BCUT2D eigenvalue weighted by atomic mass is 10.2. The Hall–Kier alpha value is -1.05. The van der Waals surface area contributed by atoms with Crippen molar-refractivity contribution in [2.75, 3.05) is 159 Å². The van der Waals surface area contributed by atoms with Crippen molar-refractivity contribution in [1.29, 1.82) is 0 Å². The molecule has 0 heterocycles. The van der Waals surface area contributed by atoms with Gasteiger partial charge in [-0.1, -0.05) is 0 Å². The summed E-state index contributed by atoms with van der Waals surface area (Å²) in [6.07, 6.45) is 3.81. The lowest BCUT2D eigenvalue weighted by Crippen LogP contribution is -2.24. The highest BCUT2D eigenvalue weighted by Gasteiger charge is 1.97. The Morgan fingerprint density at radius 3 is 1.05 bits per heavy atom. The van der Waals surface area contributed by atoms with Crippen molar-refractivity contribution >= 4 is 5.97 Å². The maximum Gasteiger partial charge on any atom is 0.317 e. The van der Waals surface area contributed by atoms with Crippen LogP contribution in [0.3, 0.4) is 0 Å². The van der Waals surface area contributed by atoms with Crippen molar-refractivity contribution in [2.24, 2.45) is 0 Å². The van der Waals surface area contributed by atoms with E-state index < -0.39 is 5.97 Å². The molecule has 0 saturated carbocycles. The quantitative estimate of drug-likeness (QED) is 0.0551. The van der Waals surface area contributed by atoms with Gasteiger partial charge in [-0.15, -0.1) is 0 Å². The molecule has 0 rings (SSSR count). The molecule has 44 heavy (non-hydrogen) atoms. The van der Waals surface area contributed by atoms with Crippen LogP contribution in [0, 0.1) is 0 Å². The molecule has 0 aliphatic heterocycles.